The van der Waals surface area contributed by atoms with Crippen molar-refractivity contribution in [1.82, 2.24) is 4.98 Å². The van der Waals surface area contributed by atoms with E-state index in [1.54, 1.807) is 6.92 Å². The van der Waals surface area contributed by atoms with Crippen molar-refractivity contribution in [2.24, 2.45) is 0 Å². The van der Waals surface area contributed by atoms with Crippen LogP contribution in [0.5, 0.6) is 0 Å². The molecule has 1 saturated heterocycles. The van der Waals surface area contributed by atoms with Gasteiger partial charge in [0.1, 0.15) is 4.88 Å². The summed E-state index contributed by atoms with van der Waals surface area (Å²) in [6.07, 6.45) is -0.237. The molecule has 0 aliphatic carbocycles. The fourth-order valence-corrected chi connectivity index (χ4v) is 2.92. The number of hydrogen-bond donors (Lipinski definition) is 2. The number of thiazole rings is 1. The topological polar surface area (TPSA) is 82.9 Å². The standard InChI is InChI=1S/C11H16N2O4S/c1-6-5-17-8(4-14)3-13(6)11-12-7(2)9(18-11)10(15)16/h6,8,14H,3-5H2,1-2H3,(H,15,16). The number of aliphatic hydroxyl groups is 1. The summed E-state index contributed by atoms with van der Waals surface area (Å²) in [5.74, 6) is -0.948. The fraction of sp³-hybridized carbons (Fsp3) is 0.636. The fourth-order valence-electron chi connectivity index (χ4n) is 1.90. The average Bonchev–Trinajstić information content (AvgIpc) is 2.72. The third-order valence-corrected chi connectivity index (χ3v) is 4.12. The number of carboxylic acid groups (broad SMARTS) is 1. The van der Waals surface area contributed by atoms with Crippen molar-refractivity contribution in [3.05, 3.63) is 10.6 Å². The highest BCUT2D eigenvalue weighted by molar-refractivity contribution is 7.17. The number of aliphatic hydroxyl groups excluding tert-OH is 1. The lowest BCUT2D eigenvalue weighted by atomic mass is 10.2. The van der Waals surface area contributed by atoms with Gasteiger partial charge in [-0.05, 0) is 13.8 Å². The molecule has 1 aliphatic heterocycles. The van der Waals surface area contributed by atoms with Gasteiger partial charge in [0.2, 0.25) is 0 Å². The predicted molar refractivity (Wildman–Crippen MR) is 67.4 cm³/mol. The molecule has 0 saturated carbocycles. The molecule has 6 nitrogen and oxygen atoms in total. The van der Waals surface area contributed by atoms with E-state index in [2.05, 4.69) is 4.98 Å². The number of aromatic carboxylic acids is 1. The van der Waals surface area contributed by atoms with Crippen LogP contribution in [-0.4, -0.2) is 53.1 Å². The van der Waals surface area contributed by atoms with Crippen molar-refractivity contribution in [3.8, 4) is 0 Å². The molecule has 0 aromatic carbocycles. The quantitative estimate of drug-likeness (QED) is 0.844. The van der Waals surface area contributed by atoms with Gasteiger partial charge in [-0.15, -0.1) is 0 Å². The van der Waals surface area contributed by atoms with E-state index >= 15 is 0 Å². The zero-order valence-electron chi connectivity index (χ0n) is 10.3. The molecule has 0 amide bonds. The predicted octanol–water partition coefficient (Wildman–Crippen LogP) is 0.736. The summed E-state index contributed by atoms with van der Waals surface area (Å²) in [7, 11) is 0. The SMILES string of the molecule is Cc1nc(N2CC(CO)OCC2C)sc1C(=O)O. The van der Waals surface area contributed by atoms with E-state index in [4.69, 9.17) is 14.9 Å². The molecule has 2 unspecified atom stereocenters. The lowest BCUT2D eigenvalue weighted by Crippen LogP contribution is -2.49. The molecule has 1 fully saturated rings. The summed E-state index contributed by atoms with van der Waals surface area (Å²) in [5.41, 5.74) is 0.529. The normalized spacial score (nSPS) is 24.3. The minimum absolute atomic E-state index is 0.0423. The zero-order chi connectivity index (χ0) is 13.3. The van der Waals surface area contributed by atoms with Crippen LogP contribution in [0.2, 0.25) is 0 Å². The van der Waals surface area contributed by atoms with Gasteiger partial charge in [-0.1, -0.05) is 11.3 Å². The number of morpholine rings is 1. The first-order chi connectivity index (χ1) is 8.52. The molecule has 7 heteroatoms. The number of carbonyl (C=O) groups is 1. The van der Waals surface area contributed by atoms with Gasteiger partial charge in [0.15, 0.2) is 5.13 Å². The van der Waals surface area contributed by atoms with Crippen molar-refractivity contribution >= 4 is 22.4 Å². The van der Waals surface area contributed by atoms with Crippen LogP contribution in [0, 0.1) is 6.92 Å². The molecule has 100 valence electrons. The number of carboxylic acids is 1. The van der Waals surface area contributed by atoms with Crippen LogP contribution in [0.15, 0.2) is 0 Å². The van der Waals surface area contributed by atoms with Crippen LogP contribution in [0.25, 0.3) is 0 Å². The smallest absolute Gasteiger partial charge is 0.347 e. The molecule has 2 rings (SSSR count). The molecule has 18 heavy (non-hydrogen) atoms. The van der Waals surface area contributed by atoms with E-state index < -0.39 is 5.97 Å². The summed E-state index contributed by atoms with van der Waals surface area (Å²) < 4.78 is 5.44. The highest BCUT2D eigenvalue weighted by atomic mass is 32.1. The Hall–Kier alpha value is -1.18. The summed E-state index contributed by atoms with van der Waals surface area (Å²) in [6.45, 7) is 4.68. The first-order valence-electron chi connectivity index (χ1n) is 5.72. The Kier molecular flexibility index (Phi) is 3.84. The molecule has 2 N–H and O–H groups in total. The number of aromatic nitrogens is 1. The van der Waals surface area contributed by atoms with Crippen LogP contribution in [0.3, 0.4) is 0 Å². The Morgan fingerprint density at radius 1 is 1.67 bits per heavy atom. The third-order valence-electron chi connectivity index (χ3n) is 2.93. The second-order valence-electron chi connectivity index (χ2n) is 4.36. The Morgan fingerprint density at radius 3 is 2.94 bits per heavy atom. The van der Waals surface area contributed by atoms with Crippen molar-refractivity contribution in [3.63, 3.8) is 0 Å². The Bertz CT molecular complexity index is 448. The number of rotatable bonds is 3. The van der Waals surface area contributed by atoms with Crippen LogP contribution in [0.4, 0.5) is 5.13 Å². The molecule has 0 radical (unpaired) electrons. The molecule has 1 aromatic rings. The molecule has 1 aromatic heterocycles. The van der Waals surface area contributed by atoms with E-state index in [9.17, 15) is 4.79 Å². The average molecular weight is 272 g/mol. The lowest BCUT2D eigenvalue weighted by molar-refractivity contribution is -0.0103. The van der Waals surface area contributed by atoms with E-state index in [-0.39, 0.29) is 23.6 Å². The minimum atomic E-state index is -0.948. The van der Waals surface area contributed by atoms with Crippen molar-refractivity contribution in [2.75, 3.05) is 24.7 Å². The highest BCUT2D eigenvalue weighted by Crippen LogP contribution is 2.29. The zero-order valence-corrected chi connectivity index (χ0v) is 11.1. The van der Waals surface area contributed by atoms with Gasteiger partial charge in [0.05, 0.1) is 31.1 Å². The van der Waals surface area contributed by atoms with Gasteiger partial charge >= 0.3 is 5.97 Å². The van der Waals surface area contributed by atoms with Gasteiger partial charge in [-0.3, -0.25) is 0 Å². The Labute approximate surface area is 109 Å². The molecule has 0 bridgehead atoms. The molecule has 1 aliphatic rings. The van der Waals surface area contributed by atoms with Gasteiger partial charge in [-0.25, -0.2) is 9.78 Å². The number of nitrogens with zero attached hydrogens (tertiary/aromatic N) is 2. The Balaban J connectivity index is 2.23. The number of aryl methyl sites for hydroxylation is 1. The second-order valence-corrected chi connectivity index (χ2v) is 5.33. The summed E-state index contributed by atoms with van der Waals surface area (Å²) in [4.78, 5) is 17.6. The van der Waals surface area contributed by atoms with Crippen molar-refractivity contribution < 1.29 is 19.7 Å². The van der Waals surface area contributed by atoms with Crippen LogP contribution in [0.1, 0.15) is 22.3 Å². The summed E-state index contributed by atoms with van der Waals surface area (Å²) in [5, 5.41) is 18.8. The minimum Gasteiger partial charge on any atom is -0.477 e. The van der Waals surface area contributed by atoms with Gasteiger partial charge in [-0.2, -0.15) is 0 Å². The summed E-state index contributed by atoms with van der Waals surface area (Å²) in [6, 6.07) is 0.125. The van der Waals surface area contributed by atoms with Crippen molar-refractivity contribution in [2.45, 2.75) is 26.0 Å². The number of hydrogen-bond acceptors (Lipinski definition) is 6. The highest BCUT2D eigenvalue weighted by Gasteiger charge is 2.29. The molecule has 2 heterocycles. The largest absolute Gasteiger partial charge is 0.477 e. The molecular formula is C11H16N2O4S. The molecule has 2 atom stereocenters. The maximum atomic E-state index is 11.0. The lowest BCUT2D eigenvalue weighted by Gasteiger charge is -2.37. The number of anilines is 1. The number of ether oxygens (including phenoxy) is 1. The third kappa shape index (κ3) is 2.47. The van der Waals surface area contributed by atoms with E-state index in [0.717, 1.165) is 0 Å². The van der Waals surface area contributed by atoms with Gasteiger partial charge in [0, 0.05) is 6.54 Å². The maximum absolute atomic E-state index is 11.0. The molecule has 0 spiro atoms. The monoisotopic (exact) mass is 272 g/mol. The van der Waals surface area contributed by atoms with Crippen LogP contribution in [-0.2, 0) is 4.74 Å². The maximum Gasteiger partial charge on any atom is 0.347 e. The van der Waals surface area contributed by atoms with Crippen molar-refractivity contribution in [1.29, 1.82) is 0 Å². The van der Waals surface area contributed by atoms with E-state index in [1.807, 2.05) is 11.8 Å². The van der Waals surface area contributed by atoms with Crippen LogP contribution >= 0.6 is 11.3 Å². The Morgan fingerprint density at radius 2 is 2.39 bits per heavy atom. The van der Waals surface area contributed by atoms with Gasteiger partial charge < -0.3 is 19.8 Å². The van der Waals surface area contributed by atoms with Crippen LogP contribution < -0.4 is 4.90 Å². The first kappa shape index (κ1) is 13.3. The van der Waals surface area contributed by atoms with Gasteiger partial charge in [0.25, 0.3) is 0 Å². The summed E-state index contributed by atoms with van der Waals surface area (Å²) >= 11 is 1.17. The first-order valence-corrected chi connectivity index (χ1v) is 6.54. The van der Waals surface area contributed by atoms with E-state index in [1.165, 1.54) is 11.3 Å². The molecular weight excluding hydrogens is 256 g/mol. The second kappa shape index (κ2) is 5.21. The van der Waals surface area contributed by atoms with E-state index in [0.29, 0.717) is 24.0 Å².